The molecule has 15 heteroatoms. The third kappa shape index (κ3) is 7.06. The number of hydrogen-bond acceptors (Lipinski definition) is 11. The van der Waals surface area contributed by atoms with Crippen LogP contribution in [-0.2, 0) is 29.1 Å². The lowest BCUT2D eigenvalue weighted by Crippen LogP contribution is -2.50. The number of nitriles is 1. The molecule has 0 radical (unpaired) electrons. The minimum absolute atomic E-state index is 0.134. The van der Waals surface area contributed by atoms with E-state index in [0.29, 0.717) is 4.57 Å². The van der Waals surface area contributed by atoms with E-state index in [1.165, 1.54) is 19.1 Å². The molecule has 1 fully saturated rings. The number of hydrogen-bond donors (Lipinski definition) is 4. The number of aromatic nitrogens is 2. The van der Waals surface area contributed by atoms with Gasteiger partial charge in [-0.25, -0.2) is 9.36 Å². The van der Waals surface area contributed by atoms with Crippen LogP contribution in [0.25, 0.3) is 0 Å². The lowest BCUT2D eigenvalue weighted by Gasteiger charge is -2.26. The Kier molecular flexibility index (Phi) is 10.4. The Hall–Kier alpha value is -3.31. The summed E-state index contributed by atoms with van der Waals surface area (Å²) >= 11 is 0. The van der Waals surface area contributed by atoms with Crippen LogP contribution in [0.2, 0.25) is 0 Å². The summed E-state index contributed by atoms with van der Waals surface area (Å²) in [5.41, 5.74) is -4.25. The van der Waals surface area contributed by atoms with Crippen LogP contribution in [0.15, 0.2) is 52.2 Å². The van der Waals surface area contributed by atoms with Gasteiger partial charge in [-0.3, -0.25) is 23.7 Å². The number of benzene rings is 1. The van der Waals surface area contributed by atoms with E-state index < -0.39 is 61.7 Å². The van der Waals surface area contributed by atoms with Crippen molar-refractivity contribution in [2.75, 3.05) is 13.2 Å². The Balaban J connectivity index is 1.80. The monoisotopic (exact) mass is 580 g/mol. The largest absolute Gasteiger partial charge is 0.464 e. The van der Waals surface area contributed by atoms with E-state index in [1.807, 2.05) is 18.8 Å². The Morgan fingerprint density at radius 1 is 1.25 bits per heavy atom. The van der Waals surface area contributed by atoms with Crippen LogP contribution in [0.5, 0.6) is 5.75 Å². The van der Waals surface area contributed by atoms with Crippen molar-refractivity contribution in [3.8, 4) is 11.8 Å². The first-order chi connectivity index (χ1) is 19.0. The predicted octanol–water partition coefficient (Wildman–Crippen LogP) is 0.995. The zero-order valence-corrected chi connectivity index (χ0v) is 23.2. The van der Waals surface area contributed by atoms with Gasteiger partial charge in [0, 0.05) is 12.3 Å². The van der Waals surface area contributed by atoms with Crippen LogP contribution in [0, 0.1) is 17.2 Å². The van der Waals surface area contributed by atoms with Crippen molar-refractivity contribution in [2.45, 2.75) is 63.7 Å². The molecule has 0 spiro atoms. The Bertz CT molecular complexity index is 1360. The van der Waals surface area contributed by atoms with Gasteiger partial charge in [0.1, 0.15) is 36.2 Å². The molecule has 3 rings (SSSR count). The molecule has 1 aliphatic rings. The molecule has 0 saturated carbocycles. The molecule has 2 aromatic rings. The van der Waals surface area contributed by atoms with Crippen molar-refractivity contribution in [2.24, 2.45) is 5.92 Å². The number of carbonyl (C=O) groups excluding carboxylic acids is 1. The highest BCUT2D eigenvalue weighted by atomic mass is 31.2. The minimum Gasteiger partial charge on any atom is -0.464 e. The topological polar surface area (TPSA) is 202 Å². The van der Waals surface area contributed by atoms with Gasteiger partial charge < -0.3 is 24.2 Å². The molecular weight excluding hydrogens is 547 g/mol. The summed E-state index contributed by atoms with van der Waals surface area (Å²) in [6.07, 6.45) is -2.67. The molecule has 0 amide bonds. The van der Waals surface area contributed by atoms with Gasteiger partial charge in [-0.15, -0.1) is 0 Å². The van der Waals surface area contributed by atoms with E-state index in [-0.39, 0.29) is 18.3 Å². The van der Waals surface area contributed by atoms with Gasteiger partial charge in [-0.2, -0.15) is 10.3 Å². The maximum atomic E-state index is 13.8. The maximum absolute atomic E-state index is 13.8. The summed E-state index contributed by atoms with van der Waals surface area (Å²) in [5, 5.41) is 33.6. The average Bonchev–Trinajstić information content (AvgIpc) is 3.18. The van der Waals surface area contributed by atoms with E-state index in [0.717, 1.165) is 25.1 Å². The fraction of sp³-hybridized carbons (Fsp3) is 0.520. The van der Waals surface area contributed by atoms with E-state index in [1.54, 1.807) is 24.3 Å². The number of rotatable bonds is 13. The SMILES string of the molecule is CCC(CC)COC(=O)[C@H](C)NP(=O)(OC[C@H]1O[C@@](C#N)(n2ccc(=O)[nH]c2=O)[C@H](O)[C@@H]1O)Oc1ccccc1. The number of H-pyrrole nitrogens is 1. The number of aliphatic hydroxyl groups excluding tert-OH is 2. The van der Waals surface area contributed by atoms with Gasteiger partial charge in [0.25, 0.3) is 11.3 Å². The molecule has 1 aromatic heterocycles. The molecule has 6 atom stereocenters. The molecule has 4 N–H and O–H groups in total. The summed E-state index contributed by atoms with van der Waals surface area (Å²) in [5.74, 6) is -0.390. The smallest absolute Gasteiger partial charge is 0.459 e. The number of carbonyl (C=O) groups is 1. The first-order valence-electron chi connectivity index (χ1n) is 12.7. The fourth-order valence-corrected chi connectivity index (χ4v) is 5.49. The number of para-hydroxylation sites is 1. The lowest BCUT2D eigenvalue weighted by molar-refractivity contribution is -0.146. The van der Waals surface area contributed by atoms with Crippen molar-refractivity contribution in [3.63, 3.8) is 0 Å². The molecule has 218 valence electrons. The zero-order chi connectivity index (χ0) is 29.5. The Labute approximate surface area is 230 Å². The van der Waals surface area contributed by atoms with Crippen molar-refractivity contribution < 1.29 is 38.1 Å². The fourth-order valence-electron chi connectivity index (χ4n) is 3.98. The molecule has 14 nitrogen and oxygen atoms in total. The molecule has 40 heavy (non-hydrogen) atoms. The molecule has 1 aliphatic heterocycles. The van der Waals surface area contributed by atoms with E-state index in [4.69, 9.17) is 18.5 Å². The summed E-state index contributed by atoms with van der Waals surface area (Å²) in [6, 6.07) is 9.40. The number of nitrogens with zero attached hydrogens (tertiary/aromatic N) is 2. The highest BCUT2D eigenvalue weighted by Gasteiger charge is 2.57. The highest BCUT2D eigenvalue weighted by molar-refractivity contribution is 7.52. The lowest BCUT2D eigenvalue weighted by atomic mass is 10.0. The minimum atomic E-state index is -4.37. The second kappa shape index (κ2) is 13.4. The number of aliphatic hydroxyl groups is 2. The molecule has 0 aliphatic carbocycles. The van der Waals surface area contributed by atoms with Gasteiger partial charge in [0.15, 0.2) is 0 Å². The van der Waals surface area contributed by atoms with E-state index in [2.05, 4.69) is 5.09 Å². The van der Waals surface area contributed by atoms with E-state index >= 15 is 0 Å². The van der Waals surface area contributed by atoms with Gasteiger partial charge in [-0.05, 0) is 25.0 Å². The van der Waals surface area contributed by atoms with Gasteiger partial charge in [-0.1, -0.05) is 44.9 Å². The summed E-state index contributed by atoms with van der Waals surface area (Å²) in [7, 11) is -4.37. The first kappa shape index (κ1) is 31.2. The third-order valence-electron chi connectivity index (χ3n) is 6.48. The normalized spacial score (nSPS) is 24.7. The Morgan fingerprint density at radius 2 is 1.93 bits per heavy atom. The predicted molar refractivity (Wildman–Crippen MR) is 140 cm³/mol. The number of ether oxygens (including phenoxy) is 2. The quantitative estimate of drug-likeness (QED) is 0.194. The maximum Gasteiger partial charge on any atom is 0.459 e. The van der Waals surface area contributed by atoms with Crippen LogP contribution in [0.3, 0.4) is 0 Å². The van der Waals surface area contributed by atoms with E-state index in [9.17, 15) is 34.4 Å². The molecular formula is C25H33N4O10P. The second-order valence-corrected chi connectivity index (χ2v) is 10.9. The summed E-state index contributed by atoms with van der Waals surface area (Å²) < 4.78 is 36.4. The summed E-state index contributed by atoms with van der Waals surface area (Å²) in [6.45, 7) is 4.84. The molecule has 1 aromatic carbocycles. The first-order valence-corrected chi connectivity index (χ1v) is 14.2. The molecule has 0 bridgehead atoms. The summed E-state index contributed by atoms with van der Waals surface area (Å²) in [4.78, 5) is 38.3. The number of nitrogens with one attached hydrogen (secondary N) is 2. The zero-order valence-electron chi connectivity index (χ0n) is 22.3. The van der Waals surface area contributed by atoms with Crippen molar-refractivity contribution >= 4 is 13.7 Å². The van der Waals surface area contributed by atoms with Crippen LogP contribution < -0.4 is 20.9 Å². The third-order valence-corrected chi connectivity index (χ3v) is 8.12. The van der Waals surface area contributed by atoms with Crippen LogP contribution in [-0.4, -0.2) is 63.3 Å². The average molecular weight is 581 g/mol. The molecule has 1 unspecified atom stereocenters. The second-order valence-electron chi connectivity index (χ2n) is 9.24. The van der Waals surface area contributed by atoms with Crippen LogP contribution in [0.4, 0.5) is 0 Å². The van der Waals surface area contributed by atoms with Crippen molar-refractivity contribution in [3.05, 3.63) is 63.4 Å². The molecule has 2 heterocycles. The molecule has 1 saturated heterocycles. The van der Waals surface area contributed by atoms with Crippen molar-refractivity contribution in [1.82, 2.24) is 14.6 Å². The number of aromatic amines is 1. The highest BCUT2D eigenvalue weighted by Crippen LogP contribution is 2.46. The Morgan fingerprint density at radius 3 is 2.52 bits per heavy atom. The van der Waals surface area contributed by atoms with Crippen LogP contribution >= 0.6 is 7.75 Å². The standard InChI is InChI=1S/C25H33N4O10P/c1-4-17(5-2)13-36-23(33)16(3)28-40(35,39-18-9-7-6-8-10-18)37-14-19-21(31)22(32)25(15-26,38-19)29-12-11-20(30)27-24(29)34/h6-12,16-17,19,21-22,31-32H,4-5,13-14H2,1-3H3,(H,28,35)(H,27,30,34)/t16-,19+,21+,22+,25+,40?/m0/s1. The van der Waals surface area contributed by atoms with Gasteiger partial charge >= 0.3 is 19.4 Å². The van der Waals surface area contributed by atoms with Gasteiger partial charge in [0.05, 0.1) is 13.2 Å². The number of esters is 1. The van der Waals surface area contributed by atoms with Crippen molar-refractivity contribution in [1.29, 1.82) is 5.26 Å². The van der Waals surface area contributed by atoms with Crippen LogP contribution in [0.1, 0.15) is 33.6 Å². The van der Waals surface area contributed by atoms with Gasteiger partial charge in [0.2, 0.25) is 0 Å².